The van der Waals surface area contributed by atoms with Crippen molar-refractivity contribution >= 4 is 53.5 Å². The van der Waals surface area contributed by atoms with Crippen LogP contribution in [-0.2, 0) is 40.9 Å². The number of thiazole rings is 1. The number of primary sulfonamides is 1. The van der Waals surface area contributed by atoms with E-state index in [4.69, 9.17) is 14.6 Å². The lowest BCUT2D eigenvalue weighted by Gasteiger charge is -2.34. The van der Waals surface area contributed by atoms with E-state index in [0.29, 0.717) is 10.2 Å². The molecule has 12 nitrogen and oxygen atoms in total. The second-order valence-corrected chi connectivity index (χ2v) is 13.3. The summed E-state index contributed by atoms with van der Waals surface area (Å²) in [5, 5.41) is 5.22. The van der Waals surface area contributed by atoms with Gasteiger partial charge in [-0.05, 0) is 56.3 Å². The van der Waals surface area contributed by atoms with Gasteiger partial charge < -0.3 is 14.0 Å². The Bertz CT molecular complexity index is 1670. The minimum Gasteiger partial charge on any atom is -0.468 e. The van der Waals surface area contributed by atoms with Crippen LogP contribution in [0, 0.1) is 0 Å². The van der Waals surface area contributed by atoms with Gasteiger partial charge in [0.25, 0.3) is 5.91 Å². The van der Waals surface area contributed by atoms with Crippen molar-refractivity contribution in [2.75, 3.05) is 20.2 Å². The SMILES string of the molecule is COC(=O)Cn1c(=NC(=O)c2ccc(S(=O)(=O)N3C[C@@H](C)O[C@@H](C)C3)cc2)sc2cc(S(N)(=O)=O)ccc21. The minimum absolute atomic E-state index is 0.0356. The number of methoxy groups -OCH3 is 1. The monoisotopic (exact) mass is 582 g/mol. The van der Waals surface area contributed by atoms with Crippen LogP contribution in [0.2, 0.25) is 0 Å². The van der Waals surface area contributed by atoms with E-state index in [1.165, 1.54) is 58.4 Å². The Labute approximate surface area is 223 Å². The molecular weight excluding hydrogens is 556 g/mol. The molecule has 1 saturated heterocycles. The molecule has 38 heavy (non-hydrogen) atoms. The number of rotatable bonds is 6. The first-order valence-electron chi connectivity index (χ1n) is 11.4. The molecule has 204 valence electrons. The number of carbonyl (C=O) groups excluding carboxylic acids is 2. The third kappa shape index (κ3) is 5.87. The van der Waals surface area contributed by atoms with Crippen LogP contribution in [-0.4, -0.2) is 70.0 Å². The number of aromatic nitrogens is 1. The molecule has 4 rings (SSSR count). The van der Waals surface area contributed by atoms with E-state index in [1.807, 2.05) is 0 Å². The summed E-state index contributed by atoms with van der Waals surface area (Å²) in [6, 6.07) is 9.50. The fourth-order valence-corrected chi connectivity index (χ4v) is 7.33. The largest absolute Gasteiger partial charge is 0.468 e. The van der Waals surface area contributed by atoms with E-state index in [-0.39, 0.29) is 52.0 Å². The van der Waals surface area contributed by atoms with E-state index in [0.717, 1.165) is 11.3 Å². The molecule has 1 aliphatic heterocycles. The molecule has 0 aliphatic carbocycles. The smallest absolute Gasteiger partial charge is 0.325 e. The maximum absolute atomic E-state index is 13.1. The van der Waals surface area contributed by atoms with Crippen molar-refractivity contribution in [2.45, 2.75) is 42.4 Å². The zero-order valence-electron chi connectivity index (χ0n) is 20.7. The molecule has 2 aromatic carbocycles. The van der Waals surface area contributed by atoms with E-state index < -0.39 is 31.9 Å². The number of hydrogen-bond donors (Lipinski definition) is 1. The van der Waals surface area contributed by atoms with Gasteiger partial charge in [-0.2, -0.15) is 9.30 Å². The molecule has 1 aromatic heterocycles. The van der Waals surface area contributed by atoms with Gasteiger partial charge in [0.05, 0.1) is 39.3 Å². The third-order valence-corrected chi connectivity index (χ3v) is 9.62. The predicted molar refractivity (Wildman–Crippen MR) is 138 cm³/mol. The Kier molecular flexibility index (Phi) is 7.88. The molecule has 2 heterocycles. The van der Waals surface area contributed by atoms with Gasteiger partial charge in [-0.1, -0.05) is 11.3 Å². The Morgan fingerprint density at radius 1 is 1.05 bits per heavy atom. The van der Waals surface area contributed by atoms with Crippen LogP contribution in [0.4, 0.5) is 0 Å². The highest BCUT2D eigenvalue weighted by Gasteiger charge is 2.32. The molecule has 0 unspecified atom stereocenters. The normalized spacial score (nSPS) is 19.5. The number of fused-ring (bicyclic) bond motifs is 1. The van der Waals surface area contributed by atoms with Gasteiger partial charge in [-0.25, -0.2) is 22.0 Å². The maximum atomic E-state index is 13.1. The fourth-order valence-electron chi connectivity index (χ4n) is 4.06. The quantitative estimate of drug-likeness (QED) is 0.421. The van der Waals surface area contributed by atoms with E-state index in [2.05, 4.69) is 4.99 Å². The highest BCUT2D eigenvalue weighted by molar-refractivity contribution is 7.89. The van der Waals surface area contributed by atoms with E-state index in [1.54, 1.807) is 13.8 Å². The number of morpholine rings is 1. The molecule has 1 aliphatic rings. The lowest BCUT2D eigenvalue weighted by Crippen LogP contribution is -2.48. The van der Waals surface area contributed by atoms with Gasteiger partial charge in [-0.15, -0.1) is 0 Å². The number of nitrogens with two attached hydrogens (primary N) is 1. The molecule has 0 spiro atoms. The van der Waals surface area contributed by atoms with Gasteiger partial charge in [0.1, 0.15) is 6.54 Å². The van der Waals surface area contributed by atoms with Crippen LogP contribution in [0.1, 0.15) is 24.2 Å². The van der Waals surface area contributed by atoms with Gasteiger partial charge in [0.2, 0.25) is 20.0 Å². The molecule has 2 atom stereocenters. The number of hydrogen-bond acceptors (Lipinski definition) is 9. The molecule has 15 heteroatoms. The van der Waals surface area contributed by atoms with Gasteiger partial charge in [0, 0.05) is 18.7 Å². The molecule has 1 amide bonds. The molecular formula is C23H26N4O8S3. The summed E-state index contributed by atoms with van der Waals surface area (Å²) in [5.74, 6) is -1.28. The lowest BCUT2D eigenvalue weighted by atomic mass is 10.2. The summed E-state index contributed by atoms with van der Waals surface area (Å²) >= 11 is 0.989. The fraction of sp³-hybridized carbons (Fsp3) is 0.348. The second-order valence-electron chi connectivity index (χ2n) is 8.74. The average molecular weight is 583 g/mol. The van der Waals surface area contributed by atoms with Crippen LogP contribution >= 0.6 is 11.3 Å². The Balaban J connectivity index is 1.69. The number of amides is 1. The van der Waals surface area contributed by atoms with Gasteiger partial charge in [0.15, 0.2) is 4.80 Å². The molecule has 0 saturated carbocycles. The first-order valence-corrected chi connectivity index (χ1v) is 15.2. The van der Waals surface area contributed by atoms with E-state index in [9.17, 15) is 26.4 Å². The lowest BCUT2D eigenvalue weighted by molar-refractivity contribution is -0.141. The zero-order valence-corrected chi connectivity index (χ0v) is 23.2. The Morgan fingerprint density at radius 2 is 1.66 bits per heavy atom. The highest BCUT2D eigenvalue weighted by Crippen LogP contribution is 2.23. The number of ether oxygens (including phenoxy) is 2. The summed E-state index contributed by atoms with van der Waals surface area (Å²) in [4.78, 5) is 29.2. The zero-order chi connectivity index (χ0) is 27.8. The van der Waals surface area contributed by atoms with Crippen LogP contribution in [0.15, 0.2) is 57.2 Å². The highest BCUT2D eigenvalue weighted by atomic mass is 32.2. The molecule has 0 radical (unpaired) electrons. The van der Waals surface area contributed by atoms with Crippen molar-refractivity contribution in [1.29, 1.82) is 0 Å². The average Bonchev–Trinajstić information content (AvgIpc) is 3.18. The van der Waals surface area contributed by atoms with Crippen molar-refractivity contribution in [3.05, 3.63) is 52.8 Å². The topological polar surface area (TPSA) is 167 Å². The summed E-state index contributed by atoms with van der Waals surface area (Å²) < 4.78 is 63.3. The van der Waals surface area contributed by atoms with Crippen molar-refractivity contribution in [2.24, 2.45) is 10.1 Å². The molecule has 0 bridgehead atoms. The van der Waals surface area contributed by atoms with Crippen LogP contribution in [0.5, 0.6) is 0 Å². The Morgan fingerprint density at radius 3 is 2.24 bits per heavy atom. The van der Waals surface area contributed by atoms with Gasteiger partial charge in [-0.3, -0.25) is 9.59 Å². The number of benzene rings is 2. The van der Waals surface area contributed by atoms with Crippen LogP contribution < -0.4 is 9.94 Å². The van der Waals surface area contributed by atoms with Gasteiger partial charge >= 0.3 is 5.97 Å². The van der Waals surface area contributed by atoms with Crippen LogP contribution in [0.3, 0.4) is 0 Å². The number of sulfonamides is 2. The third-order valence-electron chi connectivity index (χ3n) is 5.82. The second kappa shape index (κ2) is 10.7. The van der Waals surface area contributed by atoms with Crippen molar-refractivity contribution in [3.63, 3.8) is 0 Å². The predicted octanol–water partition coefficient (Wildman–Crippen LogP) is 1.06. The molecule has 2 N–H and O–H groups in total. The standard InChI is InChI=1S/C23H26N4O8S3/c1-14-11-26(12-15(2)35-14)38(32,33)17-6-4-16(5-7-17)22(29)25-23-27(13-21(28)34-3)19-9-8-18(37(24,30)31)10-20(19)36-23/h4-10,14-15H,11-13H2,1-3H3,(H2,24,30,31)/t14-,15+. The summed E-state index contributed by atoms with van der Waals surface area (Å²) in [5.41, 5.74) is 0.578. The first-order chi connectivity index (χ1) is 17.8. The van der Waals surface area contributed by atoms with Crippen molar-refractivity contribution < 1.29 is 35.9 Å². The first kappa shape index (κ1) is 28.1. The molecule has 3 aromatic rings. The number of nitrogens with zero attached hydrogens (tertiary/aromatic N) is 3. The summed E-state index contributed by atoms with van der Waals surface area (Å²) in [6.45, 7) is 3.78. The summed E-state index contributed by atoms with van der Waals surface area (Å²) in [6.07, 6.45) is -0.487. The summed E-state index contributed by atoms with van der Waals surface area (Å²) in [7, 11) is -6.55. The maximum Gasteiger partial charge on any atom is 0.325 e. The van der Waals surface area contributed by atoms with Crippen molar-refractivity contribution in [1.82, 2.24) is 8.87 Å². The Hall–Kier alpha value is -2.95. The minimum atomic E-state index is -3.97. The van der Waals surface area contributed by atoms with Crippen molar-refractivity contribution in [3.8, 4) is 0 Å². The number of carbonyl (C=O) groups is 2. The number of esters is 1. The van der Waals surface area contributed by atoms with E-state index >= 15 is 0 Å². The van der Waals surface area contributed by atoms with Crippen LogP contribution in [0.25, 0.3) is 10.2 Å². The molecule has 1 fully saturated rings.